The Hall–Kier alpha value is -1.24. The van der Waals surface area contributed by atoms with Gasteiger partial charge in [-0.25, -0.2) is 0 Å². The van der Waals surface area contributed by atoms with Gasteiger partial charge in [-0.15, -0.1) is 0 Å². The third-order valence-electron chi connectivity index (χ3n) is 2.74. The smallest absolute Gasteiger partial charge is 0.0920 e. The van der Waals surface area contributed by atoms with Crippen LogP contribution in [0.3, 0.4) is 0 Å². The molecule has 0 saturated heterocycles. The molecule has 0 bridgehead atoms. The SMILES string of the molecule is C1=C(CCCc2ccccc2)OCCC1. The van der Waals surface area contributed by atoms with Crippen molar-refractivity contribution in [3.63, 3.8) is 0 Å². The lowest BCUT2D eigenvalue weighted by Gasteiger charge is -2.14. The summed E-state index contributed by atoms with van der Waals surface area (Å²) in [6, 6.07) is 10.7. The molecule has 0 amide bonds. The van der Waals surface area contributed by atoms with E-state index < -0.39 is 0 Å². The molecule has 1 heterocycles. The van der Waals surface area contributed by atoms with Crippen LogP contribution in [0.5, 0.6) is 0 Å². The van der Waals surface area contributed by atoms with Gasteiger partial charge in [-0.3, -0.25) is 0 Å². The van der Waals surface area contributed by atoms with Gasteiger partial charge in [0.05, 0.1) is 12.4 Å². The van der Waals surface area contributed by atoms with E-state index in [-0.39, 0.29) is 0 Å². The Kier molecular flexibility index (Phi) is 3.84. The fourth-order valence-electron chi connectivity index (χ4n) is 1.89. The molecule has 15 heavy (non-hydrogen) atoms. The predicted octanol–water partition coefficient (Wildman–Crippen LogP) is 3.70. The summed E-state index contributed by atoms with van der Waals surface area (Å²) in [6.45, 7) is 0.914. The zero-order valence-corrected chi connectivity index (χ0v) is 9.11. The molecular formula is C14H18O. The maximum absolute atomic E-state index is 5.58. The van der Waals surface area contributed by atoms with Crippen LogP contribution in [0.1, 0.15) is 31.2 Å². The maximum Gasteiger partial charge on any atom is 0.0920 e. The first-order valence-corrected chi connectivity index (χ1v) is 5.81. The van der Waals surface area contributed by atoms with Gasteiger partial charge in [-0.05, 0) is 37.3 Å². The molecule has 0 saturated carbocycles. The van der Waals surface area contributed by atoms with E-state index in [9.17, 15) is 0 Å². The number of hydrogen-bond acceptors (Lipinski definition) is 1. The number of benzene rings is 1. The zero-order chi connectivity index (χ0) is 10.3. The molecule has 0 fully saturated rings. The van der Waals surface area contributed by atoms with Crippen molar-refractivity contribution in [1.29, 1.82) is 0 Å². The minimum absolute atomic E-state index is 0.914. The quantitative estimate of drug-likeness (QED) is 0.723. The maximum atomic E-state index is 5.58. The van der Waals surface area contributed by atoms with Gasteiger partial charge < -0.3 is 4.74 Å². The van der Waals surface area contributed by atoms with Crippen molar-refractivity contribution in [3.05, 3.63) is 47.7 Å². The molecule has 80 valence electrons. The highest BCUT2D eigenvalue weighted by atomic mass is 16.5. The second-order valence-electron chi connectivity index (χ2n) is 4.00. The topological polar surface area (TPSA) is 9.23 Å². The van der Waals surface area contributed by atoms with Crippen LogP contribution in [0, 0.1) is 0 Å². The first kappa shape index (κ1) is 10.3. The van der Waals surface area contributed by atoms with E-state index >= 15 is 0 Å². The van der Waals surface area contributed by atoms with E-state index in [0.29, 0.717) is 0 Å². The fourth-order valence-corrected chi connectivity index (χ4v) is 1.89. The summed E-state index contributed by atoms with van der Waals surface area (Å²) < 4.78 is 5.58. The number of hydrogen-bond donors (Lipinski definition) is 0. The van der Waals surface area contributed by atoms with E-state index in [1.807, 2.05) is 0 Å². The normalized spacial score (nSPS) is 15.6. The molecule has 1 aliphatic heterocycles. The number of rotatable bonds is 4. The fraction of sp³-hybridized carbons (Fsp3) is 0.429. The van der Waals surface area contributed by atoms with Crippen molar-refractivity contribution in [2.75, 3.05) is 6.61 Å². The first-order chi connectivity index (χ1) is 7.45. The molecular weight excluding hydrogens is 184 g/mol. The van der Waals surface area contributed by atoms with Crippen LogP contribution in [0.25, 0.3) is 0 Å². The molecule has 0 atom stereocenters. The molecule has 1 aromatic rings. The van der Waals surface area contributed by atoms with Gasteiger partial charge in [0, 0.05) is 6.42 Å². The Morgan fingerprint density at radius 3 is 2.67 bits per heavy atom. The summed E-state index contributed by atoms with van der Waals surface area (Å²) in [6.07, 6.45) is 8.06. The van der Waals surface area contributed by atoms with Crippen LogP contribution in [0.15, 0.2) is 42.2 Å². The van der Waals surface area contributed by atoms with E-state index in [2.05, 4.69) is 36.4 Å². The van der Waals surface area contributed by atoms with Gasteiger partial charge in [-0.2, -0.15) is 0 Å². The molecule has 1 aromatic carbocycles. The second-order valence-corrected chi connectivity index (χ2v) is 4.00. The molecule has 1 nitrogen and oxygen atoms in total. The molecule has 1 aliphatic rings. The number of allylic oxidation sites excluding steroid dienone is 2. The lowest BCUT2D eigenvalue weighted by atomic mass is 10.1. The van der Waals surface area contributed by atoms with Gasteiger partial charge in [-0.1, -0.05) is 30.3 Å². The summed E-state index contributed by atoms with van der Waals surface area (Å²) >= 11 is 0. The lowest BCUT2D eigenvalue weighted by Crippen LogP contribution is -2.01. The van der Waals surface area contributed by atoms with Crippen LogP contribution < -0.4 is 0 Å². The van der Waals surface area contributed by atoms with Crippen molar-refractivity contribution >= 4 is 0 Å². The van der Waals surface area contributed by atoms with Crippen LogP contribution in [0.2, 0.25) is 0 Å². The highest BCUT2D eigenvalue weighted by molar-refractivity contribution is 5.14. The highest BCUT2D eigenvalue weighted by Crippen LogP contribution is 2.16. The third kappa shape index (κ3) is 3.43. The van der Waals surface area contributed by atoms with Gasteiger partial charge >= 0.3 is 0 Å². The average Bonchev–Trinajstić information content (AvgIpc) is 2.32. The molecule has 1 heteroatoms. The predicted molar refractivity (Wildman–Crippen MR) is 62.6 cm³/mol. The Morgan fingerprint density at radius 1 is 1.07 bits per heavy atom. The monoisotopic (exact) mass is 202 g/mol. The van der Waals surface area contributed by atoms with Crippen molar-refractivity contribution in [3.8, 4) is 0 Å². The molecule has 0 unspecified atom stereocenters. The van der Waals surface area contributed by atoms with Crippen molar-refractivity contribution in [2.24, 2.45) is 0 Å². The van der Waals surface area contributed by atoms with Crippen LogP contribution >= 0.6 is 0 Å². The first-order valence-electron chi connectivity index (χ1n) is 5.81. The highest BCUT2D eigenvalue weighted by Gasteiger charge is 2.03. The van der Waals surface area contributed by atoms with E-state index in [0.717, 1.165) is 19.4 Å². The Labute approximate surface area is 91.8 Å². The summed E-state index contributed by atoms with van der Waals surface area (Å²) in [5.41, 5.74) is 1.42. The van der Waals surface area contributed by atoms with Crippen LogP contribution in [0.4, 0.5) is 0 Å². The van der Waals surface area contributed by atoms with Gasteiger partial charge in [0.1, 0.15) is 0 Å². The molecule has 0 aromatic heterocycles. The van der Waals surface area contributed by atoms with E-state index in [1.165, 1.54) is 30.6 Å². The lowest BCUT2D eigenvalue weighted by molar-refractivity contribution is 0.183. The molecule has 0 spiro atoms. The number of aryl methyl sites for hydroxylation is 1. The van der Waals surface area contributed by atoms with Crippen LogP contribution in [-0.2, 0) is 11.2 Å². The van der Waals surface area contributed by atoms with Gasteiger partial charge in [0.15, 0.2) is 0 Å². The minimum atomic E-state index is 0.914. The Morgan fingerprint density at radius 2 is 1.93 bits per heavy atom. The van der Waals surface area contributed by atoms with Crippen LogP contribution in [-0.4, -0.2) is 6.61 Å². The molecule has 0 N–H and O–H groups in total. The standard InChI is InChI=1S/C14H18O/c1-2-7-13(8-3-1)9-6-11-14-10-4-5-12-15-14/h1-3,7-8,10H,4-6,9,11-12H2. The van der Waals surface area contributed by atoms with Crippen molar-refractivity contribution < 1.29 is 4.74 Å². The molecule has 0 radical (unpaired) electrons. The Balaban J connectivity index is 1.73. The largest absolute Gasteiger partial charge is 0.498 e. The molecule has 0 aliphatic carbocycles. The van der Waals surface area contributed by atoms with E-state index in [1.54, 1.807) is 0 Å². The van der Waals surface area contributed by atoms with Gasteiger partial charge in [0.25, 0.3) is 0 Å². The molecule has 2 rings (SSSR count). The zero-order valence-electron chi connectivity index (χ0n) is 9.11. The van der Waals surface area contributed by atoms with E-state index in [4.69, 9.17) is 4.74 Å². The van der Waals surface area contributed by atoms with Crippen molar-refractivity contribution in [1.82, 2.24) is 0 Å². The summed E-state index contributed by atoms with van der Waals surface area (Å²) in [5, 5.41) is 0. The average molecular weight is 202 g/mol. The minimum Gasteiger partial charge on any atom is -0.498 e. The summed E-state index contributed by atoms with van der Waals surface area (Å²) in [5.74, 6) is 1.21. The number of ether oxygens (including phenoxy) is 1. The summed E-state index contributed by atoms with van der Waals surface area (Å²) in [4.78, 5) is 0. The van der Waals surface area contributed by atoms with Crippen molar-refractivity contribution in [2.45, 2.75) is 32.1 Å². The second kappa shape index (κ2) is 5.59. The third-order valence-corrected chi connectivity index (χ3v) is 2.74. The summed E-state index contributed by atoms with van der Waals surface area (Å²) in [7, 11) is 0. The van der Waals surface area contributed by atoms with Gasteiger partial charge in [0.2, 0.25) is 0 Å². The Bertz CT molecular complexity index is 313.